The molecule has 0 aliphatic carbocycles. The summed E-state index contributed by atoms with van der Waals surface area (Å²) in [6, 6.07) is -0.870. The highest BCUT2D eigenvalue weighted by molar-refractivity contribution is 7.47. The number of aliphatic hydroxyl groups excluding tert-OH is 1. The Hall–Kier alpha value is -1.54. The maximum atomic E-state index is 13.0. The predicted molar refractivity (Wildman–Crippen MR) is 355 cm³/mol. The topological polar surface area (TPSA) is 105 Å². The third kappa shape index (κ3) is 65.9. The minimum atomic E-state index is -4.36. The Morgan fingerprint density at radius 1 is 0.407 bits per heavy atom. The Balaban J connectivity index is 4.01. The molecule has 0 saturated heterocycles. The van der Waals surface area contributed by atoms with E-state index in [1.165, 1.54) is 289 Å². The van der Waals surface area contributed by atoms with Gasteiger partial charge in [0, 0.05) is 6.42 Å². The van der Waals surface area contributed by atoms with Gasteiger partial charge in [0.05, 0.1) is 39.9 Å². The van der Waals surface area contributed by atoms with Gasteiger partial charge in [-0.2, -0.15) is 0 Å². The number of unbranched alkanes of at least 4 members (excludes halogenated alkanes) is 47. The number of likely N-dealkylation sites (N-methyl/N-ethyl adjacent to an activating group) is 1. The number of hydrogen-bond acceptors (Lipinski definition) is 5. The van der Waals surface area contributed by atoms with Gasteiger partial charge in [0.2, 0.25) is 5.91 Å². The highest BCUT2D eigenvalue weighted by atomic mass is 31.2. The zero-order valence-corrected chi connectivity index (χ0v) is 55.7. The summed E-state index contributed by atoms with van der Waals surface area (Å²) in [6.45, 7) is 4.83. The summed E-state index contributed by atoms with van der Waals surface area (Å²) in [5, 5.41) is 14.0. The summed E-state index contributed by atoms with van der Waals surface area (Å²) >= 11 is 0. The molecule has 0 heterocycles. The fraction of sp³-hybridized carbons (Fsp3) is 0.875. The maximum absolute atomic E-state index is 13.0. The molecule has 0 aromatic carbocycles. The van der Waals surface area contributed by atoms with Gasteiger partial charge < -0.3 is 19.8 Å². The third-order valence-corrected chi connectivity index (χ3v) is 17.2. The quantitative estimate of drug-likeness (QED) is 0.0243. The van der Waals surface area contributed by atoms with Crippen molar-refractivity contribution in [3.63, 3.8) is 0 Å². The first-order valence-electron chi connectivity index (χ1n) is 35.5. The Bertz CT molecular complexity index is 1460. The standard InChI is InChI=1S/C72H139N2O6P/c1-6-8-10-12-14-16-18-20-22-24-26-28-30-31-32-33-34-35-36-37-38-39-40-41-42-43-44-46-48-50-52-54-56-58-60-62-64-66-72(76)73-70(69-80-81(77,78)79-68-67-74(3,4)5)71(75)65-63-61-59-57-55-53-51-49-47-45-29-27-25-23-21-19-17-15-13-11-9-7-2/h24,26,47,49,55,57,63,65,70-71,75H,6-23,25,27-46,48,50-54,56,58-62,64,66-69H2,1-5H3,(H-,73,76,77,78)/p+1/b26-24-,49-47+,57-55+,65-63+. The van der Waals surface area contributed by atoms with Crippen LogP contribution < -0.4 is 5.32 Å². The lowest BCUT2D eigenvalue weighted by Crippen LogP contribution is -2.45. The van der Waals surface area contributed by atoms with E-state index < -0.39 is 20.0 Å². The minimum absolute atomic E-state index is 0.0546. The number of nitrogens with zero attached hydrogens (tertiary/aromatic N) is 1. The first-order chi connectivity index (χ1) is 39.5. The van der Waals surface area contributed by atoms with Crippen molar-refractivity contribution >= 4 is 13.7 Å². The second-order valence-electron chi connectivity index (χ2n) is 25.6. The van der Waals surface area contributed by atoms with Crippen LogP contribution in [0.4, 0.5) is 0 Å². The van der Waals surface area contributed by atoms with Gasteiger partial charge in [0.15, 0.2) is 0 Å². The number of carbonyl (C=O) groups is 1. The molecule has 0 aliphatic heterocycles. The zero-order valence-electron chi connectivity index (χ0n) is 54.8. The van der Waals surface area contributed by atoms with Crippen molar-refractivity contribution in [3.8, 4) is 0 Å². The van der Waals surface area contributed by atoms with Crippen LogP contribution in [0.1, 0.15) is 354 Å². The van der Waals surface area contributed by atoms with Crippen LogP contribution in [0.25, 0.3) is 0 Å². The van der Waals surface area contributed by atoms with E-state index >= 15 is 0 Å². The van der Waals surface area contributed by atoms with E-state index in [-0.39, 0.29) is 19.1 Å². The van der Waals surface area contributed by atoms with Crippen LogP contribution in [-0.4, -0.2) is 73.4 Å². The first-order valence-corrected chi connectivity index (χ1v) is 37.0. The summed E-state index contributed by atoms with van der Waals surface area (Å²) in [5.41, 5.74) is 0. The normalized spacial score (nSPS) is 13.9. The molecule has 0 aromatic heterocycles. The van der Waals surface area contributed by atoms with E-state index in [4.69, 9.17) is 9.05 Å². The number of nitrogens with one attached hydrogen (secondary N) is 1. The average Bonchev–Trinajstić information content (AvgIpc) is 3.43. The molecule has 0 aliphatic rings. The smallest absolute Gasteiger partial charge is 0.387 e. The molecule has 0 aromatic rings. The van der Waals surface area contributed by atoms with Gasteiger partial charge in [-0.3, -0.25) is 13.8 Å². The van der Waals surface area contributed by atoms with Crippen LogP contribution >= 0.6 is 7.82 Å². The SMILES string of the molecule is CCCCCCCCCC/C=C\CCCCCCCCCCCCCCCCCCCCCCCCCCCC(=O)NC(COP(=O)(O)OCC[N+](C)(C)C)C(O)/C=C/CC/C=C/CC/C=C/CCCCCCCCCCCCCC. The number of allylic oxidation sites excluding steroid dienone is 7. The summed E-state index contributed by atoms with van der Waals surface area (Å²) in [4.78, 5) is 23.4. The lowest BCUT2D eigenvalue weighted by atomic mass is 10.0. The molecule has 0 spiro atoms. The number of carbonyl (C=O) groups excluding carboxylic acids is 1. The second kappa shape index (κ2) is 63.0. The van der Waals surface area contributed by atoms with E-state index in [0.717, 1.165) is 44.9 Å². The molecule has 0 fully saturated rings. The van der Waals surface area contributed by atoms with Gasteiger partial charge in [-0.1, -0.05) is 326 Å². The molecule has 9 heteroatoms. The van der Waals surface area contributed by atoms with E-state index in [1.807, 2.05) is 27.2 Å². The Labute approximate surface area is 505 Å². The average molecular weight is 1160 g/mol. The van der Waals surface area contributed by atoms with Gasteiger partial charge >= 0.3 is 7.82 Å². The highest BCUT2D eigenvalue weighted by Gasteiger charge is 2.28. The molecule has 0 bridgehead atoms. The molecular formula is C72H140N2O6P+. The van der Waals surface area contributed by atoms with Crippen molar-refractivity contribution in [2.45, 2.75) is 366 Å². The Morgan fingerprint density at radius 3 is 0.988 bits per heavy atom. The number of rotatable bonds is 66. The Morgan fingerprint density at radius 2 is 0.679 bits per heavy atom. The number of amides is 1. The molecule has 1 amide bonds. The van der Waals surface area contributed by atoms with Crippen LogP contribution in [0.15, 0.2) is 48.6 Å². The van der Waals surface area contributed by atoms with Crippen LogP contribution in [0.3, 0.4) is 0 Å². The van der Waals surface area contributed by atoms with Crippen LogP contribution in [-0.2, 0) is 18.4 Å². The van der Waals surface area contributed by atoms with Crippen LogP contribution in [0, 0.1) is 0 Å². The van der Waals surface area contributed by atoms with E-state index in [9.17, 15) is 19.4 Å². The molecule has 0 rings (SSSR count). The van der Waals surface area contributed by atoms with Crippen molar-refractivity contribution in [2.75, 3.05) is 40.9 Å². The fourth-order valence-electron chi connectivity index (χ4n) is 10.7. The minimum Gasteiger partial charge on any atom is -0.387 e. The van der Waals surface area contributed by atoms with Gasteiger partial charge in [0.1, 0.15) is 13.2 Å². The van der Waals surface area contributed by atoms with E-state index in [2.05, 4.69) is 55.6 Å². The molecule has 81 heavy (non-hydrogen) atoms. The van der Waals surface area contributed by atoms with Gasteiger partial charge in [-0.25, -0.2) is 4.57 Å². The van der Waals surface area contributed by atoms with Crippen molar-refractivity contribution < 1.29 is 32.9 Å². The molecule has 3 atom stereocenters. The molecular weight excluding hydrogens is 1020 g/mol. The van der Waals surface area contributed by atoms with Crippen molar-refractivity contribution in [1.29, 1.82) is 0 Å². The van der Waals surface area contributed by atoms with Crippen LogP contribution in [0.2, 0.25) is 0 Å². The predicted octanol–water partition coefficient (Wildman–Crippen LogP) is 22.6. The molecule has 3 unspecified atom stereocenters. The summed E-state index contributed by atoms with van der Waals surface area (Å²) in [7, 11) is 1.56. The number of hydrogen-bond donors (Lipinski definition) is 3. The molecule has 8 nitrogen and oxygen atoms in total. The monoisotopic (exact) mass is 1160 g/mol. The maximum Gasteiger partial charge on any atom is 0.472 e. The summed E-state index contributed by atoms with van der Waals surface area (Å²) in [5.74, 6) is -0.184. The molecule has 478 valence electrons. The highest BCUT2D eigenvalue weighted by Crippen LogP contribution is 2.43. The second-order valence-corrected chi connectivity index (χ2v) is 27.0. The molecule has 0 radical (unpaired) electrons. The first kappa shape index (κ1) is 79.5. The number of phosphoric acid groups is 1. The lowest BCUT2D eigenvalue weighted by Gasteiger charge is -2.25. The van der Waals surface area contributed by atoms with E-state index in [1.54, 1.807) is 6.08 Å². The third-order valence-electron chi connectivity index (χ3n) is 16.2. The summed E-state index contributed by atoms with van der Waals surface area (Å²) in [6.07, 6.45) is 85.7. The number of phosphoric ester groups is 1. The van der Waals surface area contributed by atoms with Gasteiger partial charge in [-0.05, 0) is 70.6 Å². The number of quaternary nitrogens is 1. The fourth-order valence-corrected chi connectivity index (χ4v) is 11.5. The molecule has 3 N–H and O–H groups in total. The van der Waals surface area contributed by atoms with Gasteiger partial charge in [-0.15, -0.1) is 0 Å². The Kier molecular flexibility index (Phi) is 61.8. The van der Waals surface area contributed by atoms with E-state index in [0.29, 0.717) is 17.4 Å². The largest absolute Gasteiger partial charge is 0.472 e. The van der Waals surface area contributed by atoms with Crippen LogP contribution in [0.5, 0.6) is 0 Å². The van der Waals surface area contributed by atoms with Crippen molar-refractivity contribution in [3.05, 3.63) is 48.6 Å². The van der Waals surface area contributed by atoms with Crippen molar-refractivity contribution in [1.82, 2.24) is 5.32 Å². The zero-order chi connectivity index (χ0) is 59.1. The summed E-state index contributed by atoms with van der Waals surface area (Å²) < 4.78 is 23.8. The van der Waals surface area contributed by atoms with Gasteiger partial charge in [0.25, 0.3) is 0 Å². The van der Waals surface area contributed by atoms with Crippen molar-refractivity contribution in [2.24, 2.45) is 0 Å². The number of aliphatic hydroxyl groups is 1. The molecule has 0 saturated carbocycles. The lowest BCUT2D eigenvalue weighted by molar-refractivity contribution is -0.870.